The molecule has 116 valence electrons. The van der Waals surface area contributed by atoms with E-state index in [-0.39, 0.29) is 6.10 Å². The Morgan fingerprint density at radius 2 is 1.91 bits per heavy atom. The average Bonchev–Trinajstić information content (AvgIpc) is 2.58. The molecular formula is C16H20N4O2. The maximum Gasteiger partial charge on any atom is 0.316 e. The van der Waals surface area contributed by atoms with Crippen molar-refractivity contribution in [3.05, 3.63) is 42.5 Å². The molecule has 0 radical (unpaired) electrons. The van der Waals surface area contributed by atoms with Crippen LogP contribution in [0.25, 0.3) is 0 Å². The van der Waals surface area contributed by atoms with Crippen LogP contribution in [-0.2, 0) is 6.54 Å². The zero-order valence-corrected chi connectivity index (χ0v) is 12.7. The minimum Gasteiger partial charge on any atom is -0.497 e. The largest absolute Gasteiger partial charge is 0.497 e. The topological polar surface area (TPSA) is 60.4 Å². The van der Waals surface area contributed by atoms with Gasteiger partial charge in [-0.05, 0) is 25.0 Å². The van der Waals surface area contributed by atoms with Crippen LogP contribution in [0.15, 0.2) is 36.8 Å². The van der Waals surface area contributed by atoms with E-state index in [0.29, 0.717) is 6.01 Å². The van der Waals surface area contributed by atoms with Crippen molar-refractivity contribution in [2.75, 3.05) is 20.2 Å². The van der Waals surface area contributed by atoms with E-state index in [1.54, 1.807) is 31.8 Å². The lowest BCUT2D eigenvalue weighted by atomic mass is 10.1. The molecule has 6 nitrogen and oxygen atoms in total. The van der Waals surface area contributed by atoms with Gasteiger partial charge in [-0.15, -0.1) is 0 Å². The van der Waals surface area contributed by atoms with E-state index in [0.717, 1.165) is 43.9 Å². The van der Waals surface area contributed by atoms with Gasteiger partial charge in [0, 0.05) is 44.3 Å². The average molecular weight is 300 g/mol. The first kappa shape index (κ1) is 14.7. The summed E-state index contributed by atoms with van der Waals surface area (Å²) in [5.41, 5.74) is 1.03. The van der Waals surface area contributed by atoms with Crippen molar-refractivity contribution in [3.8, 4) is 11.8 Å². The molecule has 1 aliphatic rings. The third-order valence-corrected chi connectivity index (χ3v) is 3.76. The van der Waals surface area contributed by atoms with Gasteiger partial charge in [0.05, 0.1) is 12.8 Å². The highest BCUT2D eigenvalue weighted by Crippen LogP contribution is 2.18. The van der Waals surface area contributed by atoms with Crippen LogP contribution in [-0.4, -0.2) is 46.2 Å². The molecule has 2 aromatic heterocycles. The summed E-state index contributed by atoms with van der Waals surface area (Å²) in [5, 5.41) is 0. The van der Waals surface area contributed by atoms with E-state index in [1.807, 2.05) is 12.1 Å². The van der Waals surface area contributed by atoms with Gasteiger partial charge in [-0.2, -0.15) is 0 Å². The van der Waals surface area contributed by atoms with E-state index in [9.17, 15) is 0 Å². The van der Waals surface area contributed by atoms with Crippen LogP contribution in [0.4, 0.5) is 0 Å². The number of methoxy groups -OCH3 is 1. The second-order valence-corrected chi connectivity index (χ2v) is 5.31. The molecular weight excluding hydrogens is 280 g/mol. The van der Waals surface area contributed by atoms with E-state index in [4.69, 9.17) is 9.47 Å². The highest BCUT2D eigenvalue weighted by Gasteiger charge is 2.21. The molecule has 3 rings (SSSR count). The van der Waals surface area contributed by atoms with Gasteiger partial charge >= 0.3 is 6.01 Å². The maximum absolute atomic E-state index is 5.81. The second-order valence-electron chi connectivity index (χ2n) is 5.31. The van der Waals surface area contributed by atoms with E-state index >= 15 is 0 Å². The molecule has 0 bridgehead atoms. The lowest BCUT2D eigenvalue weighted by Gasteiger charge is -2.31. The number of hydrogen-bond donors (Lipinski definition) is 0. The third-order valence-electron chi connectivity index (χ3n) is 3.76. The summed E-state index contributed by atoms with van der Waals surface area (Å²) in [6.45, 7) is 2.80. The van der Waals surface area contributed by atoms with Crippen LogP contribution in [0.3, 0.4) is 0 Å². The number of likely N-dealkylation sites (tertiary alicyclic amines) is 1. The number of pyridine rings is 1. The van der Waals surface area contributed by atoms with Crippen molar-refractivity contribution in [1.82, 2.24) is 19.9 Å². The fraction of sp³-hybridized carbons (Fsp3) is 0.438. The van der Waals surface area contributed by atoms with Gasteiger partial charge in [0.25, 0.3) is 0 Å². The summed E-state index contributed by atoms with van der Waals surface area (Å²) >= 11 is 0. The zero-order chi connectivity index (χ0) is 15.2. The molecule has 2 aromatic rings. The third kappa shape index (κ3) is 3.92. The van der Waals surface area contributed by atoms with Gasteiger partial charge < -0.3 is 9.47 Å². The number of nitrogens with zero attached hydrogens (tertiary/aromatic N) is 4. The van der Waals surface area contributed by atoms with Crippen molar-refractivity contribution in [2.24, 2.45) is 0 Å². The Morgan fingerprint density at radius 1 is 1.14 bits per heavy atom. The number of aromatic nitrogens is 3. The molecule has 0 amide bonds. The highest BCUT2D eigenvalue weighted by atomic mass is 16.5. The Hall–Kier alpha value is -2.21. The van der Waals surface area contributed by atoms with Gasteiger partial charge in [0.2, 0.25) is 0 Å². The predicted molar refractivity (Wildman–Crippen MR) is 81.7 cm³/mol. The summed E-state index contributed by atoms with van der Waals surface area (Å²) in [5.74, 6) is 0.851. The Labute approximate surface area is 130 Å². The molecule has 0 N–H and O–H groups in total. The van der Waals surface area contributed by atoms with Crippen LogP contribution in [0.1, 0.15) is 18.5 Å². The maximum atomic E-state index is 5.81. The Bertz CT molecular complexity index is 586. The standard InChI is InChI=1S/C16H20N4O2/c1-21-15-3-8-17-13(11-15)12-20-9-4-14(5-10-20)22-16-18-6-2-7-19-16/h2-3,6-8,11,14H,4-5,9-10,12H2,1H3. The minimum atomic E-state index is 0.192. The van der Waals surface area contributed by atoms with E-state index in [1.165, 1.54) is 0 Å². The van der Waals surface area contributed by atoms with Gasteiger partial charge in [-0.1, -0.05) is 0 Å². The summed E-state index contributed by atoms with van der Waals surface area (Å²) in [7, 11) is 1.67. The Morgan fingerprint density at radius 3 is 2.64 bits per heavy atom. The molecule has 1 aliphatic heterocycles. The van der Waals surface area contributed by atoms with Crippen LogP contribution in [0, 0.1) is 0 Å². The summed E-state index contributed by atoms with van der Waals surface area (Å²) in [6.07, 6.45) is 7.33. The zero-order valence-electron chi connectivity index (χ0n) is 12.7. The van der Waals surface area contributed by atoms with Crippen molar-refractivity contribution in [3.63, 3.8) is 0 Å². The first-order valence-electron chi connectivity index (χ1n) is 7.48. The first-order chi connectivity index (χ1) is 10.8. The normalized spacial score (nSPS) is 16.4. The van der Waals surface area contributed by atoms with Gasteiger partial charge in [-0.3, -0.25) is 9.88 Å². The smallest absolute Gasteiger partial charge is 0.316 e. The van der Waals surface area contributed by atoms with Gasteiger partial charge in [-0.25, -0.2) is 9.97 Å². The van der Waals surface area contributed by atoms with Crippen LogP contribution in [0.2, 0.25) is 0 Å². The quantitative estimate of drug-likeness (QED) is 0.841. The SMILES string of the molecule is COc1ccnc(CN2CCC(Oc3ncccn3)CC2)c1. The van der Waals surface area contributed by atoms with Crippen molar-refractivity contribution >= 4 is 0 Å². The molecule has 0 spiro atoms. The number of piperidine rings is 1. The summed E-state index contributed by atoms with van der Waals surface area (Å²) in [6, 6.07) is 6.11. The minimum absolute atomic E-state index is 0.192. The Kier molecular flexibility index (Phi) is 4.80. The molecule has 6 heteroatoms. The fourth-order valence-corrected chi connectivity index (χ4v) is 2.58. The Balaban J connectivity index is 1.49. The van der Waals surface area contributed by atoms with Crippen LogP contribution < -0.4 is 9.47 Å². The summed E-state index contributed by atoms with van der Waals surface area (Å²) < 4.78 is 11.0. The van der Waals surface area contributed by atoms with Gasteiger partial charge in [0.1, 0.15) is 11.9 Å². The first-order valence-corrected chi connectivity index (χ1v) is 7.48. The molecule has 1 saturated heterocycles. The molecule has 0 unspecified atom stereocenters. The van der Waals surface area contributed by atoms with Crippen LogP contribution in [0.5, 0.6) is 11.8 Å². The molecule has 3 heterocycles. The molecule has 0 atom stereocenters. The number of rotatable bonds is 5. The monoisotopic (exact) mass is 300 g/mol. The molecule has 0 aliphatic carbocycles. The summed E-state index contributed by atoms with van der Waals surface area (Å²) in [4.78, 5) is 15.0. The number of hydrogen-bond acceptors (Lipinski definition) is 6. The van der Waals surface area contributed by atoms with Crippen molar-refractivity contribution in [2.45, 2.75) is 25.5 Å². The molecule has 1 fully saturated rings. The second kappa shape index (κ2) is 7.17. The van der Waals surface area contributed by atoms with E-state index < -0.39 is 0 Å². The number of ether oxygens (including phenoxy) is 2. The molecule has 22 heavy (non-hydrogen) atoms. The predicted octanol–water partition coefficient (Wildman–Crippen LogP) is 1.92. The lowest BCUT2D eigenvalue weighted by molar-refractivity contribution is 0.0886. The van der Waals surface area contributed by atoms with Crippen molar-refractivity contribution in [1.29, 1.82) is 0 Å². The van der Waals surface area contributed by atoms with Crippen molar-refractivity contribution < 1.29 is 9.47 Å². The lowest BCUT2D eigenvalue weighted by Crippen LogP contribution is -2.38. The van der Waals surface area contributed by atoms with Crippen LogP contribution >= 0.6 is 0 Å². The fourth-order valence-electron chi connectivity index (χ4n) is 2.58. The molecule has 0 saturated carbocycles. The van der Waals surface area contributed by atoms with E-state index in [2.05, 4.69) is 19.9 Å². The van der Waals surface area contributed by atoms with Gasteiger partial charge in [0.15, 0.2) is 0 Å². The highest BCUT2D eigenvalue weighted by molar-refractivity contribution is 5.22. The molecule has 0 aromatic carbocycles.